The summed E-state index contributed by atoms with van der Waals surface area (Å²) in [6.07, 6.45) is 2.88. The lowest BCUT2D eigenvalue weighted by Gasteiger charge is -2.31. The molecule has 6 nitrogen and oxygen atoms in total. The Morgan fingerprint density at radius 3 is 2.57 bits per heavy atom. The number of carbonyl (C=O) groups is 2. The van der Waals surface area contributed by atoms with E-state index in [1.54, 1.807) is 7.05 Å². The SMILES string of the molecule is CNC(=O)CN1CCC(NC(=O)CCc2ccccc2N)CC1. The molecule has 0 aliphatic carbocycles. The van der Waals surface area contributed by atoms with Crippen LogP contribution in [0.5, 0.6) is 0 Å². The molecule has 126 valence electrons. The average molecular weight is 318 g/mol. The maximum atomic E-state index is 12.1. The minimum atomic E-state index is 0.0351. The number of nitrogens with two attached hydrogens (primary N) is 1. The van der Waals surface area contributed by atoms with Gasteiger partial charge in [-0.1, -0.05) is 18.2 Å². The van der Waals surface area contributed by atoms with Crippen molar-refractivity contribution in [1.82, 2.24) is 15.5 Å². The van der Waals surface area contributed by atoms with Crippen LogP contribution in [-0.2, 0) is 16.0 Å². The molecule has 0 unspecified atom stereocenters. The predicted molar refractivity (Wildman–Crippen MR) is 90.8 cm³/mol. The van der Waals surface area contributed by atoms with Gasteiger partial charge in [-0.05, 0) is 30.9 Å². The molecule has 23 heavy (non-hydrogen) atoms. The fraction of sp³-hybridized carbons (Fsp3) is 0.529. The molecule has 1 aromatic rings. The lowest BCUT2D eigenvalue weighted by molar-refractivity contribution is -0.124. The van der Waals surface area contributed by atoms with Crippen molar-refractivity contribution in [3.8, 4) is 0 Å². The van der Waals surface area contributed by atoms with Crippen LogP contribution >= 0.6 is 0 Å². The quantitative estimate of drug-likeness (QED) is 0.668. The number of likely N-dealkylation sites (N-methyl/N-ethyl adjacent to an activating group) is 1. The van der Waals surface area contributed by atoms with Crippen molar-refractivity contribution in [2.75, 3.05) is 32.4 Å². The maximum absolute atomic E-state index is 12.1. The van der Waals surface area contributed by atoms with E-state index >= 15 is 0 Å². The third-order valence-electron chi connectivity index (χ3n) is 4.28. The van der Waals surface area contributed by atoms with E-state index in [4.69, 9.17) is 5.73 Å². The summed E-state index contributed by atoms with van der Waals surface area (Å²) in [7, 11) is 1.65. The highest BCUT2D eigenvalue weighted by Gasteiger charge is 2.21. The van der Waals surface area contributed by atoms with Crippen molar-refractivity contribution < 1.29 is 9.59 Å². The Morgan fingerprint density at radius 2 is 1.91 bits per heavy atom. The number of piperidine rings is 1. The first kappa shape index (κ1) is 17.3. The van der Waals surface area contributed by atoms with Gasteiger partial charge in [-0.25, -0.2) is 0 Å². The number of carbonyl (C=O) groups excluding carboxylic acids is 2. The first-order valence-electron chi connectivity index (χ1n) is 8.14. The van der Waals surface area contributed by atoms with Crippen molar-refractivity contribution in [2.45, 2.75) is 31.7 Å². The molecule has 2 rings (SSSR count). The van der Waals surface area contributed by atoms with Crippen LogP contribution in [0.25, 0.3) is 0 Å². The monoisotopic (exact) mass is 318 g/mol. The van der Waals surface area contributed by atoms with E-state index in [0.717, 1.165) is 37.2 Å². The molecule has 2 amide bonds. The van der Waals surface area contributed by atoms with Crippen molar-refractivity contribution in [2.24, 2.45) is 0 Å². The first-order chi connectivity index (χ1) is 11.1. The molecule has 0 atom stereocenters. The van der Waals surface area contributed by atoms with Gasteiger partial charge in [-0.15, -0.1) is 0 Å². The molecule has 1 aromatic carbocycles. The van der Waals surface area contributed by atoms with Crippen LogP contribution in [-0.4, -0.2) is 49.4 Å². The second kappa shape index (κ2) is 8.53. The zero-order valence-corrected chi connectivity index (χ0v) is 13.7. The third kappa shape index (κ3) is 5.56. The number of aryl methyl sites for hydroxylation is 1. The first-order valence-corrected chi connectivity index (χ1v) is 8.14. The number of rotatable bonds is 6. The maximum Gasteiger partial charge on any atom is 0.233 e. The molecule has 0 saturated carbocycles. The Labute approximate surface area is 137 Å². The number of benzene rings is 1. The molecular weight excluding hydrogens is 292 g/mol. The van der Waals surface area contributed by atoms with Crippen LogP contribution in [0.4, 0.5) is 5.69 Å². The predicted octanol–water partition coefficient (Wildman–Crippen LogP) is 0.528. The highest BCUT2D eigenvalue weighted by molar-refractivity contribution is 5.78. The normalized spacial score (nSPS) is 16.0. The smallest absolute Gasteiger partial charge is 0.233 e. The van der Waals surface area contributed by atoms with Crippen molar-refractivity contribution >= 4 is 17.5 Å². The van der Waals surface area contributed by atoms with Crippen molar-refractivity contribution in [3.63, 3.8) is 0 Å². The van der Waals surface area contributed by atoms with Gasteiger partial charge in [0.05, 0.1) is 6.54 Å². The molecule has 0 radical (unpaired) electrons. The fourth-order valence-electron chi connectivity index (χ4n) is 2.83. The summed E-state index contributed by atoms with van der Waals surface area (Å²) in [5.41, 5.74) is 7.64. The summed E-state index contributed by atoms with van der Waals surface area (Å²) < 4.78 is 0. The molecule has 0 aromatic heterocycles. The standard InChI is InChI=1S/C17H26N4O2/c1-19-17(23)12-21-10-8-14(9-11-21)20-16(22)7-6-13-4-2-3-5-15(13)18/h2-5,14H,6-12,18H2,1H3,(H,19,23)(H,20,22). The molecule has 4 N–H and O–H groups in total. The zero-order valence-electron chi connectivity index (χ0n) is 13.7. The summed E-state index contributed by atoms with van der Waals surface area (Å²) in [6.45, 7) is 2.11. The summed E-state index contributed by atoms with van der Waals surface area (Å²) >= 11 is 0. The lowest BCUT2D eigenvalue weighted by Crippen LogP contribution is -2.47. The van der Waals surface area contributed by atoms with Crippen LogP contribution in [0.1, 0.15) is 24.8 Å². The van der Waals surface area contributed by atoms with Gasteiger partial charge in [-0.2, -0.15) is 0 Å². The van der Waals surface area contributed by atoms with E-state index in [0.29, 0.717) is 19.4 Å². The Hall–Kier alpha value is -2.08. The van der Waals surface area contributed by atoms with E-state index in [-0.39, 0.29) is 17.9 Å². The van der Waals surface area contributed by atoms with Crippen LogP contribution in [0.3, 0.4) is 0 Å². The topological polar surface area (TPSA) is 87.5 Å². The largest absolute Gasteiger partial charge is 0.399 e. The second-order valence-electron chi connectivity index (χ2n) is 5.99. The third-order valence-corrected chi connectivity index (χ3v) is 4.28. The number of hydrogen-bond donors (Lipinski definition) is 3. The van der Waals surface area contributed by atoms with Gasteiger partial charge in [0, 0.05) is 38.3 Å². The van der Waals surface area contributed by atoms with Crippen molar-refractivity contribution in [1.29, 1.82) is 0 Å². The summed E-state index contributed by atoms with van der Waals surface area (Å²) in [6, 6.07) is 7.85. The van der Waals surface area contributed by atoms with Gasteiger partial charge in [0.1, 0.15) is 0 Å². The number of nitrogen functional groups attached to an aromatic ring is 1. The van der Waals surface area contributed by atoms with Crippen LogP contribution < -0.4 is 16.4 Å². The number of likely N-dealkylation sites (tertiary alicyclic amines) is 1. The molecule has 1 saturated heterocycles. The van der Waals surface area contributed by atoms with E-state index in [1.165, 1.54) is 0 Å². The minimum absolute atomic E-state index is 0.0351. The Bertz CT molecular complexity index is 539. The molecule has 1 fully saturated rings. The summed E-state index contributed by atoms with van der Waals surface area (Å²) in [4.78, 5) is 25.5. The van der Waals surface area contributed by atoms with Gasteiger partial charge in [0.25, 0.3) is 0 Å². The summed E-state index contributed by atoms with van der Waals surface area (Å²) in [5.74, 6) is 0.103. The molecule has 6 heteroatoms. The number of amides is 2. The highest BCUT2D eigenvalue weighted by atomic mass is 16.2. The van der Waals surface area contributed by atoms with Gasteiger partial charge in [0.2, 0.25) is 11.8 Å². The Kier molecular flexibility index (Phi) is 6.40. The number of nitrogens with one attached hydrogen (secondary N) is 2. The van der Waals surface area contributed by atoms with Gasteiger partial charge in [-0.3, -0.25) is 14.5 Å². The van der Waals surface area contributed by atoms with Crippen molar-refractivity contribution in [3.05, 3.63) is 29.8 Å². The molecule has 1 aliphatic heterocycles. The molecule has 0 bridgehead atoms. The van der Waals surface area contributed by atoms with E-state index in [2.05, 4.69) is 15.5 Å². The van der Waals surface area contributed by atoms with Gasteiger partial charge in [0.15, 0.2) is 0 Å². The van der Waals surface area contributed by atoms with Crippen LogP contribution in [0.15, 0.2) is 24.3 Å². The molecular formula is C17H26N4O2. The minimum Gasteiger partial charge on any atom is -0.399 e. The zero-order chi connectivity index (χ0) is 16.7. The second-order valence-corrected chi connectivity index (χ2v) is 5.99. The number of nitrogens with zero attached hydrogens (tertiary/aromatic N) is 1. The van der Waals surface area contributed by atoms with E-state index in [1.807, 2.05) is 24.3 Å². The lowest BCUT2D eigenvalue weighted by atomic mass is 10.0. The number of para-hydroxylation sites is 1. The highest BCUT2D eigenvalue weighted by Crippen LogP contribution is 2.14. The van der Waals surface area contributed by atoms with Crippen LogP contribution in [0, 0.1) is 0 Å². The van der Waals surface area contributed by atoms with Gasteiger partial charge >= 0.3 is 0 Å². The Balaban J connectivity index is 1.69. The number of hydrogen-bond acceptors (Lipinski definition) is 4. The summed E-state index contributed by atoms with van der Waals surface area (Å²) in [5, 5.41) is 5.72. The Morgan fingerprint density at radius 1 is 1.22 bits per heavy atom. The average Bonchev–Trinajstić information content (AvgIpc) is 2.56. The van der Waals surface area contributed by atoms with Crippen LogP contribution in [0.2, 0.25) is 0 Å². The van der Waals surface area contributed by atoms with E-state index in [9.17, 15) is 9.59 Å². The fourth-order valence-corrected chi connectivity index (χ4v) is 2.83. The van der Waals surface area contributed by atoms with Gasteiger partial charge < -0.3 is 16.4 Å². The molecule has 1 heterocycles. The molecule has 0 spiro atoms. The van der Waals surface area contributed by atoms with E-state index < -0.39 is 0 Å². The number of anilines is 1. The molecule has 1 aliphatic rings.